The number of hydroxylamine groups is 2. The lowest BCUT2D eigenvalue weighted by Gasteiger charge is -2.30. The van der Waals surface area contributed by atoms with E-state index >= 15 is 0 Å². The SMILES string of the molecule is C=CCC1CNCCN1O. The number of nitrogens with zero attached hydrogens (tertiary/aromatic N) is 1. The molecule has 1 atom stereocenters. The van der Waals surface area contributed by atoms with E-state index in [1.807, 2.05) is 6.08 Å². The largest absolute Gasteiger partial charge is 0.314 e. The highest BCUT2D eigenvalue weighted by molar-refractivity contribution is 4.81. The van der Waals surface area contributed by atoms with Crippen molar-refractivity contribution in [2.24, 2.45) is 0 Å². The van der Waals surface area contributed by atoms with Crippen LogP contribution in [0.25, 0.3) is 0 Å². The summed E-state index contributed by atoms with van der Waals surface area (Å²) in [5.74, 6) is 0. The number of nitrogens with one attached hydrogen (secondary N) is 1. The van der Waals surface area contributed by atoms with Crippen molar-refractivity contribution in [1.29, 1.82) is 0 Å². The van der Waals surface area contributed by atoms with Gasteiger partial charge >= 0.3 is 0 Å². The Hall–Kier alpha value is -0.380. The summed E-state index contributed by atoms with van der Waals surface area (Å²) in [4.78, 5) is 0. The third-order valence-corrected chi connectivity index (χ3v) is 1.76. The Bertz CT molecular complexity index is 116. The molecule has 58 valence electrons. The van der Waals surface area contributed by atoms with Crippen molar-refractivity contribution in [3.63, 3.8) is 0 Å². The highest BCUT2D eigenvalue weighted by Gasteiger charge is 2.17. The zero-order valence-electron chi connectivity index (χ0n) is 6.08. The summed E-state index contributed by atoms with van der Waals surface area (Å²) >= 11 is 0. The molecule has 1 saturated heterocycles. The van der Waals surface area contributed by atoms with Crippen LogP contribution in [0.15, 0.2) is 12.7 Å². The molecule has 0 radical (unpaired) electrons. The van der Waals surface area contributed by atoms with Gasteiger partial charge in [-0.25, -0.2) is 0 Å². The van der Waals surface area contributed by atoms with Gasteiger partial charge in [0.1, 0.15) is 0 Å². The van der Waals surface area contributed by atoms with E-state index in [1.54, 1.807) is 0 Å². The summed E-state index contributed by atoms with van der Waals surface area (Å²) in [6.45, 7) is 6.09. The maximum atomic E-state index is 9.25. The van der Waals surface area contributed by atoms with E-state index in [9.17, 15) is 5.21 Å². The average molecular weight is 142 g/mol. The highest BCUT2D eigenvalue weighted by atomic mass is 16.5. The molecule has 3 nitrogen and oxygen atoms in total. The van der Waals surface area contributed by atoms with Crippen LogP contribution in [0, 0.1) is 0 Å². The van der Waals surface area contributed by atoms with E-state index in [4.69, 9.17) is 0 Å². The van der Waals surface area contributed by atoms with Gasteiger partial charge in [-0.1, -0.05) is 6.08 Å². The van der Waals surface area contributed by atoms with Crippen molar-refractivity contribution in [1.82, 2.24) is 10.4 Å². The topological polar surface area (TPSA) is 35.5 Å². The normalized spacial score (nSPS) is 28.3. The molecule has 0 aliphatic carbocycles. The van der Waals surface area contributed by atoms with Crippen LogP contribution in [0.3, 0.4) is 0 Å². The standard InChI is InChI=1S/C7H14N2O/c1-2-3-7-6-8-4-5-9(7)10/h2,7-8,10H,1,3-6H2. The van der Waals surface area contributed by atoms with Crippen LogP contribution in [0.1, 0.15) is 6.42 Å². The molecule has 10 heavy (non-hydrogen) atoms. The Morgan fingerprint density at radius 2 is 2.60 bits per heavy atom. The van der Waals surface area contributed by atoms with Crippen LogP contribution in [-0.4, -0.2) is 35.9 Å². The van der Waals surface area contributed by atoms with Crippen molar-refractivity contribution in [2.75, 3.05) is 19.6 Å². The first kappa shape index (κ1) is 7.72. The van der Waals surface area contributed by atoms with E-state index in [0.717, 1.165) is 26.1 Å². The minimum Gasteiger partial charge on any atom is -0.314 e. The molecule has 1 heterocycles. The maximum absolute atomic E-state index is 9.25. The van der Waals surface area contributed by atoms with E-state index in [1.165, 1.54) is 5.06 Å². The Labute approximate surface area is 61.3 Å². The van der Waals surface area contributed by atoms with Crippen molar-refractivity contribution >= 4 is 0 Å². The minimum absolute atomic E-state index is 0.228. The molecule has 0 spiro atoms. The second kappa shape index (κ2) is 3.71. The molecule has 1 aliphatic rings. The van der Waals surface area contributed by atoms with E-state index in [0.29, 0.717) is 0 Å². The molecule has 1 rings (SSSR count). The third kappa shape index (κ3) is 1.80. The van der Waals surface area contributed by atoms with Crippen molar-refractivity contribution in [3.05, 3.63) is 12.7 Å². The summed E-state index contributed by atoms with van der Waals surface area (Å²) in [5.41, 5.74) is 0. The smallest absolute Gasteiger partial charge is 0.0509 e. The Balaban J connectivity index is 2.32. The molecule has 0 bridgehead atoms. The monoisotopic (exact) mass is 142 g/mol. The van der Waals surface area contributed by atoms with Gasteiger partial charge in [-0.2, -0.15) is 5.06 Å². The van der Waals surface area contributed by atoms with Crippen LogP contribution in [0.4, 0.5) is 0 Å². The van der Waals surface area contributed by atoms with Crippen LogP contribution in [-0.2, 0) is 0 Å². The van der Waals surface area contributed by atoms with Gasteiger partial charge in [0.05, 0.1) is 6.04 Å². The van der Waals surface area contributed by atoms with Crippen LogP contribution >= 0.6 is 0 Å². The number of piperazine rings is 1. The summed E-state index contributed by atoms with van der Waals surface area (Å²) in [5, 5.41) is 13.8. The third-order valence-electron chi connectivity index (χ3n) is 1.76. The fourth-order valence-electron chi connectivity index (χ4n) is 1.15. The first-order chi connectivity index (χ1) is 4.84. The molecule has 0 aromatic heterocycles. The zero-order valence-corrected chi connectivity index (χ0v) is 6.08. The summed E-state index contributed by atoms with van der Waals surface area (Å²) in [6.07, 6.45) is 2.68. The van der Waals surface area contributed by atoms with Gasteiger partial charge in [0, 0.05) is 19.6 Å². The fourth-order valence-corrected chi connectivity index (χ4v) is 1.15. The lowest BCUT2D eigenvalue weighted by atomic mass is 10.1. The molecule has 0 amide bonds. The lowest BCUT2D eigenvalue weighted by Crippen LogP contribution is -2.49. The predicted octanol–water partition coefficient (Wildman–Crippen LogP) is 0.225. The molecule has 0 aromatic rings. The van der Waals surface area contributed by atoms with Gasteiger partial charge in [0.25, 0.3) is 0 Å². The predicted molar refractivity (Wildman–Crippen MR) is 40.0 cm³/mol. The van der Waals surface area contributed by atoms with Gasteiger partial charge < -0.3 is 10.5 Å². The zero-order chi connectivity index (χ0) is 7.40. The number of hydrogen-bond donors (Lipinski definition) is 2. The average Bonchev–Trinajstić information content (AvgIpc) is 1.94. The second-order valence-electron chi connectivity index (χ2n) is 2.55. The molecular weight excluding hydrogens is 128 g/mol. The molecule has 0 aromatic carbocycles. The summed E-state index contributed by atoms with van der Waals surface area (Å²) < 4.78 is 0. The van der Waals surface area contributed by atoms with E-state index in [2.05, 4.69) is 11.9 Å². The molecule has 2 N–H and O–H groups in total. The minimum atomic E-state index is 0.228. The van der Waals surface area contributed by atoms with Crippen molar-refractivity contribution in [3.8, 4) is 0 Å². The molecule has 1 unspecified atom stereocenters. The Morgan fingerprint density at radius 3 is 3.20 bits per heavy atom. The summed E-state index contributed by atoms with van der Waals surface area (Å²) in [7, 11) is 0. The van der Waals surface area contributed by atoms with Gasteiger partial charge in [0.15, 0.2) is 0 Å². The van der Waals surface area contributed by atoms with Gasteiger partial charge in [-0.05, 0) is 6.42 Å². The molecule has 1 aliphatic heterocycles. The van der Waals surface area contributed by atoms with E-state index < -0.39 is 0 Å². The molecular formula is C7H14N2O. The summed E-state index contributed by atoms with van der Waals surface area (Å²) in [6, 6.07) is 0.228. The Kier molecular flexibility index (Phi) is 2.86. The number of rotatable bonds is 2. The molecule has 3 heteroatoms. The van der Waals surface area contributed by atoms with Gasteiger partial charge in [-0.15, -0.1) is 6.58 Å². The van der Waals surface area contributed by atoms with E-state index in [-0.39, 0.29) is 6.04 Å². The lowest BCUT2D eigenvalue weighted by molar-refractivity contribution is -0.134. The molecule has 1 fully saturated rings. The Morgan fingerprint density at radius 1 is 1.80 bits per heavy atom. The van der Waals surface area contributed by atoms with Gasteiger partial charge in [-0.3, -0.25) is 0 Å². The quantitative estimate of drug-likeness (QED) is 0.542. The maximum Gasteiger partial charge on any atom is 0.0509 e. The van der Waals surface area contributed by atoms with Crippen LogP contribution in [0.5, 0.6) is 0 Å². The first-order valence-corrected chi connectivity index (χ1v) is 3.61. The fraction of sp³-hybridized carbons (Fsp3) is 0.714. The second-order valence-corrected chi connectivity index (χ2v) is 2.55. The molecule has 0 saturated carbocycles. The highest BCUT2D eigenvalue weighted by Crippen LogP contribution is 2.03. The number of hydrogen-bond acceptors (Lipinski definition) is 3. The van der Waals surface area contributed by atoms with Crippen molar-refractivity contribution < 1.29 is 5.21 Å². The van der Waals surface area contributed by atoms with Crippen LogP contribution < -0.4 is 5.32 Å². The van der Waals surface area contributed by atoms with Crippen molar-refractivity contribution in [2.45, 2.75) is 12.5 Å². The van der Waals surface area contributed by atoms with Gasteiger partial charge in [0.2, 0.25) is 0 Å². The first-order valence-electron chi connectivity index (χ1n) is 3.61. The van der Waals surface area contributed by atoms with Crippen LogP contribution in [0.2, 0.25) is 0 Å².